The van der Waals surface area contributed by atoms with E-state index in [9.17, 15) is 4.79 Å². The molecule has 1 atom stereocenters. The number of benzene rings is 2. The summed E-state index contributed by atoms with van der Waals surface area (Å²) >= 11 is 0. The maximum absolute atomic E-state index is 11.7. The lowest BCUT2D eigenvalue weighted by molar-refractivity contribution is -0.147. The Morgan fingerprint density at radius 2 is 1.52 bits per heavy atom. The van der Waals surface area contributed by atoms with Crippen LogP contribution in [0.3, 0.4) is 0 Å². The van der Waals surface area contributed by atoms with Gasteiger partial charge in [0.15, 0.2) is 0 Å². The smallest absolute Gasteiger partial charge is 0.310 e. The third-order valence-corrected chi connectivity index (χ3v) is 3.51. The van der Waals surface area contributed by atoms with Crippen molar-refractivity contribution >= 4 is 17.3 Å². The lowest BCUT2D eigenvalue weighted by atomic mass is 10.1. The zero-order chi connectivity index (χ0) is 16.7. The number of hydrogen-bond acceptors (Lipinski definition) is 4. The van der Waals surface area contributed by atoms with Gasteiger partial charge in [-0.05, 0) is 50.1 Å². The largest absolute Gasteiger partial charge is 0.462 e. The molecule has 0 N–H and O–H groups in total. The van der Waals surface area contributed by atoms with E-state index in [0.717, 1.165) is 23.4 Å². The molecular formula is C19H22N2O2. The monoisotopic (exact) mass is 310 g/mol. The summed E-state index contributed by atoms with van der Waals surface area (Å²) in [4.78, 5) is 11.7. The Hall–Kier alpha value is -2.49. The van der Waals surface area contributed by atoms with E-state index in [1.807, 2.05) is 69.3 Å². The van der Waals surface area contributed by atoms with Crippen LogP contribution < -0.4 is 0 Å². The summed E-state index contributed by atoms with van der Waals surface area (Å²) in [6, 6.07) is 15.3. The van der Waals surface area contributed by atoms with E-state index < -0.39 is 0 Å². The summed E-state index contributed by atoms with van der Waals surface area (Å²) < 4.78 is 5.27. The van der Waals surface area contributed by atoms with Gasteiger partial charge in [0.2, 0.25) is 0 Å². The summed E-state index contributed by atoms with van der Waals surface area (Å²) in [5.41, 5.74) is 3.67. The van der Waals surface area contributed by atoms with Crippen LogP contribution in [0.5, 0.6) is 0 Å². The highest BCUT2D eigenvalue weighted by molar-refractivity contribution is 5.72. The Balaban J connectivity index is 1.94. The Kier molecular flexibility index (Phi) is 6.03. The number of rotatable bonds is 6. The average molecular weight is 310 g/mol. The SMILES string of the molecule is CCC(C)OC(=O)Cc1ccc(N=Nc2ccc(C)cc2)cc1. The summed E-state index contributed by atoms with van der Waals surface area (Å²) in [6.45, 7) is 5.92. The van der Waals surface area contributed by atoms with Gasteiger partial charge in [0.1, 0.15) is 0 Å². The van der Waals surface area contributed by atoms with Crippen molar-refractivity contribution < 1.29 is 9.53 Å². The molecule has 2 rings (SSSR count). The highest BCUT2D eigenvalue weighted by Crippen LogP contribution is 2.19. The average Bonchev–Trinajstić information content (AvgIpc) is 2.55. The van der Waals surface area contributed by atoms with Gasteiger partial charge in [0.25, 0.3) is 0 Å². The molecule has 0 saturated heterocycles. The highest BCUT2D eigenvalue weighted by Gasteiger charge is 2.08. The molecule has 4 heteroatoms. The van der Waals surface area contributed by atoms with Crippen LogP contribution in [0.4, 0.5) is 11.4 Å². The van der Waals surface area contributed by atoms with Gasteiger partial charge < -0.3 is 4.74 Å². The zero-order valence-corrected chi connectivity index (χ0v) is 13.8. The maximum Gasteiger partial charge on any atom is 0.310 e. The molecule has 0 bridgehead atoms. The molecule has 0 fully saturated rings. The first kappa shape index (κ1) is 16.9. The number of carbonyl (C=O) groups is 1. The van der Waals surface area contributed by atoms with E-state index in [1.165, 1.54) is 5.56 Å². The van der Waals surface area contributed by atoms with Crippen molar-refractivity contribution in [3.8, 4) is 0 Å². The van der Waals surface area contributed by atoms with E-state index in [-0.39, 0.29) is 18.5 Å². The first-order valence-electron chi connectivity index (χ1n) is 7.83. The zero-order valence-electron chi connectivity index (χ0n) is 13.8. The number of esters is 1. The topological polar surface area (TPSA) is 51.0 Å². The Morgan fingerprint density at radius 3 is 2.04 bits per heavy atom. The van der Waals surface area contributed by atoms with Crippen molar-refractivity contribution in [2.24, 2.45) is 10.2 Å². The van der Waals surface area contributed by atoms with Crippen LogP contribution >= 0.6 is 0 Å². The first-order valence-corrected chi connectivity index (χ1v) is 7.83. The van der Waals surface area contributed by atoms with Gasteiger partial charge in [-0.1, -0.05) is 36.8 Å². The van der Waals surface area contributed by atoms with Crippen LogP contribution in [-0.2, 0) is 16.0 Å². The van der Waals surface area contributed by atoms with Crippen LogP contribution in [0.25, 0.3) is 0 Å². The number of carbonyl (C=O) groups excluding carboxylic acids is 1. The van der Waals surface area contributed by atoms with Gasteiger partial charge in [-0.15, -0.1) is 0 Å². The molecule has 0 saturated carbocycles. The summed E-state index contributed by atoms with van der Waals surface area (Å²) in [5, 5.41) is 8.39. The summed E-state index contributed by atoms with van der Waals surface area (Å²) in [7, 11) is 0. The van der Waals surface area contributed by atoms with Crippen molar-refractivity contribution in [3.05, 3.63) is 59.7 Å². The molecule has 0 aliphatic rings. The molecular weight excluding hydrogens is 288 g/mol. The molecule has 0 heterocycles. The van der Waals surface area contributed by atoms with Gasteiger partial charge in [0, 0.05) is 0 Å². The molecule has 0 aromatic heterocycles. The maximum atomic E-state index is 11.7. The Labute approximate surface area is 137 Å². The van der Waals surface area contributed by atoms with E-state index >= 15 is 0 Å². The minimum atomic E-state index is -0.201. The van der Waals surface area contributed by atoms with Crippen molar-refractivity contribution in [3.63, 3.8) is 0 Å². The third kappa shape index (κ3) is 5.66. The second-order valence-electron chi connectivity index (χ2n) is 5.59. The summed E-state index contributed by atoms with van der Waals surface area (Å²) in [6.07, 6.45) is 1.06. The molecule has 23 heavy (non-hydrogen) atoms. The minimum Gasteiger partial charge on any atom is -0.462 e. The van der Waals surface area contributed by atoms with Gasteiger partial charge in [0.05, 0.1) is 23.9 Å². The van der Waals surface area contributed by atoms with Crippen molar-refractivity contribution in [1.29, 1.82) is 0 Å². The van der Waals surface area contributed by atoms with E-state index in [2.05, 4.69) is 10.2 Å². The normalized spacial score (nSPS) is 12.3. The van der Waals surface area contributed by atoms with Crippen LogP contribution in [0.2, 0.25) is 0 Å². The van der Waals surface area contributed by atoms with Crippen LogP contribution in [0.1, 0.15) is 31.4 Å². The Bertz CT molecular complexity index is 661. The number of hydrogen-bond donors (Lipinski definition) is 0. The van der Waals surface area contributed by atoms with Gasteiger partial charge >= 0.3 is 5.97 Å². The molecule has 1 unspecified atom stereocenters. The second kappa shape index (κ2) is 8.22. The van der Waals surface area contributed by atoms with E-state index in [1.54, 1.807) is 0 Å². The predicted octanol–water partition coefficient (Wildman–Crippen LogP) is 5.29. The molecule has 0 aliphatic carbocycles. The first-order chi connectivity index (χ1) is 11.1. The molecule has 0 radical (unpaired) electrons. The number of nitrogens with zero attached hydrogens (tertiary/aromatic N) is 2. The lowest BCUT2D eigenvalue weighted by Crippen LogP contribution is -2.15. The minimum absolute atomic E-state index is 0.0370. The molecule has 0 aliphatic heterocycles. The third-order valence-electron chi connectivity index (χ3n) is 3.51. The van der Waals surface area contributed by atoms with Crippen molar-refractivity contribution in [2.45, 2.75) is 39.7 Å². The molecule has 0 amide bonds. The predicted molar refractivity (Wildman–Crippen MR) is 91.3 cm³/mol. The second-order valence-corrected chi connectivity index (χ2v) is 5.59. The van der Waals surface area contributed by atoms with Crippen LogP contribution in [-0.4, -0.2) is 12.1 Å². The van der Waals surface area contributed by atoms with Gasteiger partial charge in [-0.2, -0.15) is 10.2 Å². The fourth-order valence-electron chi connectivity index (χ4n) is 1.92. The van der Waals surface area contributed by atoms with Crippen LogP contribution in [0.15, 0.2) is 58.8 Å². The molecule has 120 valence electrons. The lowest BCUT2D eigenvalue weighted by Gasteiger charge is -2.10. The quantitative estimate of drug-likeness (QED) is 0.537. The fourth-order valence-corrected chi connectivity index (χ4v) is 1.92. The van der Waals surface area contributed by atoms with E-state index in [0.29, 0.717) is 0 Å². The van der Waals surface area contributed by atoms with E-state index in [4.69, 9.17) is 4.74 Å². The number of aryl methyl sites for hydroxylation is 1. The Morgan fingerprint density at radius 1 is 1.00 bits per heavy atom. The van der Waals surface area contributed by atoms with Gasteiger partial charge in [-0.3, -0.25) is 4.79 Å². The molecule has 4 nitrogen and oxygen atoms in total. The molecule has 2 aromatic carbocycles. The van der Waals surface area contributed by atoms with Crippen molar-refractivity contribution in [1.82, 2.24) is 0 Å². The fraction of sp³-hybridized carbons (Fsp3) is 0.316. The highest BCUT2D eigenvalue weighted by atomic mass is 16.5. The molecule has 2 aromatic rings. The standard InChI is InChI=1S/C19H22N2O2/c1-4-15(3)23-19(22)13-16-7-11-18(12-8-16)21-20-17-9-5-14(2)6-10-17/h5-12,15H,4,13H2,1-3H3. The van der Waals surface area contributed by atoms with Gasteiger partial charge in [-0.25, -0.2) is 0 Å². The summed E-state index contributed by atoms with van der Waals surface area (Å²) in [5.74, 6) is -0.201. The number of ether oxygens (including phenoxy) is 1. The van der Waals surface area contributed by atoms with Crippen LogP contribution in [0, 0.1) is 6.92 Å². The number of azo groups is 1. The molecule has 0 spiro atoms. The van der Waals surface area contributed by atoms with Crippen molar-refractivity contribution in [2.75, 3.05) is 0 Å².